The van der Waals surface area contributed by atoms with Crippen molar-refractivity contribution in [3.63, 3.8) is 0 Å². The van der Waals surface area contributed by atoms with Crippen molar-refractivity contribution in [1.82, 2.24) is 24.3 Å². The van der Waals surface area contributed by atoms with Crippen LogP contribution in [-0.4, -0.2) is 30.9 Å². The fourth-order valence-electron chi connectivity index (χ4n) is 3.87. The van der Waals surface area contributed by atoms with Crippen molar-refractivity contribution >= 4 is 28.5 Å². The molecule has 0 saturated heterocycles. The van der Waals surface area contributed by atoms with Crippen molar-refractivity contribution < 1.29 is 13.5 Å². The third-order valence-electron chi connectivity index (χ3n) is 5.67. The lowest BCUT2D eigenvalue weighted by Gasteiger charge is -2.10. The Bertz CT molecular complexity index is 1590. The molecule has 0 aliphatic heterocycles. The molecule has 3 aromatic heterocycles. The molecule has 0 fully saturated rings. The second-order valence-corrected chi connectivity index (χ2v) is 8.66. The van der Waals surface area contributed by atoms with Gasteiger partial charge in [0.05, 0.1) is 18.5 Å². The molecule has 0 atom stereocenters. The zero-order valence-corrected chi connectivity index (χ0v) is 20.1. The van der Waals surface area contributed by atoms with Crippen LogP contribution in [0.1, 0.15) is 16.7 Å². The molecule has 37 heavy (non-hydrogen) atoms. The third-order valence-corrected chi connectivity index (χ3v) is 6.04. The molecule has 0 radical (unpaired) electrons. The fraction of sp³-hybridized carbons (Fsp3) is 0.154. The third kappa shape index (κ3) is 5.92. The number of hydrogen-bond donors (Lipinski definition) is 1. The average Bonchev–Trinajstić information content (AvgIpc) is 3.29. The number of nitrogens with one attached hydrogen (secondary N) is 1. The molecule has 0 saturated carbocycles. The smallest absolute Gasteiger partial charge is 0.387 e. The largest absolute Gasteiger partial charge is 0.435 e. The van der Waals surface area contributed by atoms with Gasteiger partial charge in [-0.2, -0.15) is 13.9 Å². The summed E-state index contributed by atoms with van der Waals surface area (Å²) in [5.41, 5.74) is 3.09. The molecule has 2 aromatic carbocycles. The van der Waals surface area contributed by atoms with Crippen LogP contribution in [-0.2, 0) is 19.6 Å². The number of anilines is 1. The Morgan fingerprint density at radius 1 is 1.00 bits per heavy atom. The van der Waals surface area contributed by atoms with E-state index in [1.54, 1.807) is 21.5 Å². The van der Waals surface area contributed by atoms with Gasteiger partial charge in [0.25, 0.3) is 5.56 Å². The number of ether oxygens (including phenoxy) is 1. The van der Waals surface area contributed by atoms with E-state index in [0.717, 1.165) is 11.1 Å². The number of halogens is 3. The summed E-state index contributed by atoms with van der Waals surface area (Å²) < 4.78 is 33.0. The van der Waals surface area contributed by atoms with E-state index in [0.29, 0.717) is 40.5 Å². The van der Waals surface area contributed by atoms with Crippen molar-refractivity contribution in [2.75, 3.05) is 5.32 Å². The number of benzene rings is 2. The van der Waals surface area contributed by atoms with Gasteiger partial charge in [-0.25, -0.2) is 9.97 Å². The number of nitrogens with zero attached hydrogens (tertiary/aromatic N) is 5. The molecular weight excluding hydrogens is 502 g/mol. The van der Waals surface area contributed by atoms with E-state index in [2.05, 4.69) is 25.1 Å². The lowest BCUT2D eigenvalue weighted by Crippen LogP contribution is -2.18. The number of pyridine rings is 1. The first-order valence-electron chi connectivity index (χ1n) is 11.3. The quantitative estimate of drug-likeness (QED) is 0.295. The van der Waals surface area contributed by atoms with E-state index >= 15 is 0 Å². The van der Waals surface area contributed by atoms with Gasteiger partial charge < -0.3 is 14.6 Å². The van der Waals surface area contributed by atoms with E-state index < -0.39 is 6.61 Å². The second-order valence-electron chi connectivity index (χ2n) is 8.25. The van der Waals surface area contributed by atoms with Crippen molar-refractivity contribution in [1.29, 1.82) is 0 Å². The number of hydrogen-bond acceptors (Lipinski definition) is 6. The second kappa shape index (κ2) is 10.8. The normalized spacial score (nSPS) is 11.2. The number of rotatable bonds is 9. The van der Waals surface area contributed by atoms with Crippen LogP contribution in [0, 0.1) is 0 Å². The van der Waals surface area contributed by atoms with E-state index in [9.17, 15) is 13.6 Å². The molecule has 8 nitrogen and oxygen atoms in total. The molecule has 0 spiro atoms. The molecule has 5 rings (SSSR count). The summed E-state index contributed by atoms with van der Waals surface area (Å²) in [5, 5.41) is 8.84. The van der Waals surface area contributed by atoms with Gasteiger partial charge in [-0.05, 0) is 41.0 Å². The predicted molar refractivity (Wildman–Crippen MR) is 136 cm³/mol. The topological polar surface area (TPSA) is 86.9 Å². The molecule has 0 aliphatic rings. The van der Waals surface area contributed by atoms with Crippen LogP contribution in [0.2, 0.25) is 5.02 Å². The Labute approximate surface area is 215 Å². The van der Waals surface area contributed by atoms with Crippen molar-refractivity contribution in [2.45, 2.75) is 26.2 Å². The maximum absolute atomic E-state index is 12.6. The Balaban J connectivity index is 1.29. The summed E-state index contributed by atoms with van der Waals surface area (Å²) in [4.78, 5) is 20.5. The summed E-state index contributed by atoms with van der Waals surface area (Å²) in [6, 6.07) is 17.4. The zero-order chi connectivity index (χ0) is 25.8. The van der Waals surface area contributed by atoms with Gasteiger partial charge in [0.2, 0.25) is 0 Å². The van der Waals surface area contributed by atoms with E-state index in [1.165, 1.54) is 30.6 Å². The van der Waals surface area contributed by atoms with Gasteiger partial charge in [-0.1, -0.05) is 41.9 Å². The standard InChI is InChI=1S/C26H21ClF2N6O2/c27-22-9-8-20(37-26(28)29)11-19(22)12-30-24-21-15-35(33-25(21)32-16-31-24)14-18-6-4-17(5-7-18)13-34-10-2-1-3-23(34)36/h1-11,15-16,26H,12-14H2,(H,30,31,32,33). The van der Waals surface area contributed by atoms with E-state index in [1.807, 2.05) is 36.5 Å². The maximum Gasteiger partial charge on any atom is 0.387 e. The van der Waals surface area contributed by atoms with Gasteiger partial charge >= 0.3 is 6.61 Å². The fourth-order valence-corrected chi connectivity index (χ4v) is 4.06. The lowest BCUT2D eigenvalue weighted by atomic mass is 10.1. The van der Waals surface area contributed by atoms with Crippen LogP contribution in [0.25, 0.3) is 11.0 Å². The van der Waals surface area contributed by atoms with Gasteiger partial charge in [0.1, 0.15) is 17.9 Å². The first kappa shape index (κ1) is 24.4. The molecule has 11 heteroatoms. The molecule has 0 amide bonds. The molecule has 188 valence electrons. The van der Waals surface area contributed by atoms with Crippen molar-refractivity contribution in [3.05, 3.63) is 111 Å². The average molecular weight is 523 g/mol. The molecule has 1 N–H and O–H groups in total. The monoisotopic (exact) mass is 522 g/mol. The van der Waals surface area contributed by atoms with Gasteiger partial charge in [-0.3, -0.25) is 9.48 Å². The molecule has 0 bridgehead atoms. The molecule has 0 aliphatic carbocycles. The number of alkyl halides is 2. The summed E-state index contributed by atoms with van der Waals surface area (Å²) in [6.45, 7) is -1.67. The van der Waals surface area contributed by atoms with Crippen LogP contribution in [0.15, 0.2) is 84.2 Å². The first-order chi connectivity index (χ1) is 17.9. The van der Waals surface area contributed by atoms with Crippen LogP contribution in [0.5, 0.6) is 5.75 Å². The molecule has 3 heterocycles. The predicted octanol–water partition coefficient (Wildman–Crippen LogP) is 4.95. The van der Waals surface area contributed by atoms with Crippen LogP contribution in [0.4, 0.5) is 14.6 Å². The van der Waals surface area contributed by atoms with Gasteiger partial charge in [0, 0.05) is 30.0 Å². The highest BCUT2D eigenvalue weighted by atomic mass is 35.5. The van der Waals surface area contributed by atoms with Gasteiger partial charge in [-0.15, -0.1) is 0 Å². The van der Waals surface area contributed by atoms with Crippen molar-refractivity contribution in [3.8, 4) is 5.75 Å². The van der Waals surface area contributed by atoms with E-state index in [-0.39, 0.29) is 17.9 Å². The Hall–Kier alpha value is -4.31. The summed E-state index contributed by atoms with van der Waals surface area (Å²) >= 11 is 6.23. The minimum absolute atomic E-state index is 0.0266. The number of fused-ring (bicyclic) bond motifs is 1. The molecule has 5 aromatic rings. The molecular formula is C26H21ClF2N6O2. The van der Waals surface area contributed by atoms with Crippen LogP contribution >= 0.6 is 11.6 Å². The highest BCUT2D eigenvalue weighted by Crippen LogP contribution is 2.25. The summed E-state index contributed by atoms with van der Waals surface area (Å²) in [7, 11) is 0. The SMILES string of the molecule is O=c1ccccn1Cc1ccc(Cn2cc3c(NCc4cc(OC(F)F)ccc4Cl)ncnc3n2)cc1. The maximum atomic E-state index is 12.6. The Kier molecular flexibility index (Phi) is 7.09. The Morgan fingerprint density at radius 2 is 1.78 bits per heavy atom. The summed E-state index contributed by atoms with van der Waals surface area (Å²) in [6.07, 6.45) is 5.01. The number of aromatic nitrogens is 5. The highest BCUT2D eigenvalue weighted by molar-refractivity contribution is 6.31. The Morgan fingerprint density at radius 3 is 2.54 bits per heavy atom. The van der Waals surface area contributed by atoms with E-state index in [4.69, 9.17) is 11.6 Å². The van der Waals surface area contributed by atoms with Crippen LogP contribution < -0.4 is 15.6 Å². The minimum atomic E-state index is -2.92. The first-order valence-corrected chi connectivity index (χ1v) is 11.7. The highest BCUT2D eigenvalue weighted by Gasteiger charge is 2.12. The van der Waals surface area contributed by atoms with Crippen LogP contribution in [0.3, 0.4) is 0 Å². The lowest BCUT2D eigenvalue weighted by molar-refractivity contribution is -0.0498. The minimum Gasteiger partial charge on any atom is -0.435 e. The van der Waals surface area contributed by atoms with Crippen molar-refractivity contribution in [2.24, 2.45) is 0 Å². The van der Waals surface area contributed by atoms with Gasteiger partial charge in [0.15, 0.2) is 5.65 Å². The zero-order valence-electron chi connectivity index (χ0n) is 19.4. The molecule has 0 unspecified atom stereocenters. The summed E-state index contributed by atoms with van der Waals surface area (Å²) in [5.74, 6) is 0.565.